The molecule has 0 aliphatic carbocycles. The van der Waals surface area contributed by atoms with Crippen LogP contribution in [0.1, 0.15) is 29.0 Å². The number of hydrogen-bond donors (Lipinski definition) is 1. The first kappa shape index (κ1) is 21.9. The number of carbonyl (C=O) groups is 1. The van der Waals surface area contributed by atoms with Crippen molar-refractivity contribution >= 4 is 16.8 Å². The minimum atomic E-state index is -0.219. The Balaban J connectivity index is 1.42. The first-order valence-corrected chi connectivity index (χ1v) is 11.4. The van der Waals surface area contributed by atoms with Gasteiger partial charge in [0, 0.05) is 18.7 Å². The molecule has 2 heterocycles. The number of amides is 1. The van der Waals surface area contributed by atoms with Gasteiger partial charge in [-0.05, 0) is 55.3 Å². The summed E-state index contributed by atoms with van der Waals surface area (Å²) >= 11 is 0. The third-order valence-corrected chi connectivity index (χ3v) is 5.80. The fourth-order valence-electron chi connectivity index (χ4n) is 4.14. The Kier molecular flexibility index (Phi) is 6.35. The lowest BCUT2D eigenvalue weighted by Crippen LogP contribution is -2.37. The van der Waals surface area contributed by atoms with E-state index >= 15 is 0 Å². The van der Waals surface area contributed by atoms with Gasteiger partial charge in [-0.3, -0.25) is 9.59 Å². The van der Waals surface area contributed by atoms with Crippen LogP contribution in [0, 0.1) is 0 Å². The van der Waals surface area contributed by atoms with Crippen molar-refractivity contribution in [3.8, 4) is 11.5 Å². The van der Waals surface area contributed by atoms with E-state index in [1.807, 2.05) is 42.5 Å². The standard InChI is InChI=1S/C27H25N3O4/c31-26-23-13-4-5-14-24(23)28-25(29-26)18-30(17-22-12-7-15-33-22)27(32)19-8-6-11-21(16-19)34-20-9-2-1-3-10-20/h1-6,8-11,13-14,16,22H,7,12,15,17-18H2,(H,28,29,31)/t22-/m0/s1. The van der Waals surface area contributed by atoms with Gasteiger partial charge >= 0.3 is 0 Å². The van der Waals surface area contributed by atoms with Crippen LogP contribution in [0.15, 0.2) is 83.7 Å². The number of aromatic amines is 1. The van der Waals surface area contributed by atoms with Gasteiger partial charge in [-0.1, -0.05) is 36.4 Å². The Hall–Kier alpha value is -3.97. The summed E-state index contributed by atoms with van der Waals surface area (Å²) in [6.07, 6.45) is 1.82. The van der Waals surface area contributed by atoms with E-state index in [9.17, 15) is 9.59 Å². The summed E-state index contributed by atoms with van der Waals surface area (Å²) in [5, 5.41) is 0.522. The highest BCUT2D eigenvalue weighted by Crippen LogP contribution is 2.23. The lowest BCUT2D eigenvalue weighted by molar-refractivity contribution is 0.0501. The van der Waals surface area contributed by atoms with Gasteiger partial charge in [0.2, 0.25) is 0 Å². The lowest BCUT2D eigenvalue weighted by Gasteiger charge is -2.25. The molecular weight excluding hydrogens is 430 g/mol. The molecule has 0 bridgehead atoms. The van der Waals surface area contributed by atoms with Crippen LogP contribution in [0.2, 0.25) is 0 Å². The summed E-state index contributed by atoms with van der Waals surface area (Å²) in [5.74, 6) is 1.53. The van der Waals surface area contributed by atoms with Crippen LogP contribution in [0.3, 0.4) is 0 Å². The molecule has 0 spiro atoms. The van der Waals surface area contributed by atoms with E-state index in [-0.39, 0.29) is 24.1 Å². The SMILES string of the molecule is O=C(c1cccc(Oc2ccccc2)c1)N(Cc1nc2ccccc2c(=O)[nH]1)C[C@@H]1CCCO1. The maximum Gasteiger partial charge on any atom is 0.258 e. The van der Waals surface area contributed by atoms with Crippen molar-refractivity contribution in [1.82, 2.24) is 14.9 Å². The molecule has 1 amide bonds. The number of carbonyl (C=O) groups excluding carboxylic acids is 1. The van der Waals surface area contributed by atoms with Gasteiger partial charge in [-0.25, -0.2) is 4.98 Å². The molecule has 7 heteroatoms. The molecule has 1 aliphatic heterocycles. The predicted molar refractivity (Wildman–Crippen MR) is 129 cm³/mol. The largest absolute Gasteiger partial charge is 0.457 e. The Morgan fingerprint density at radius 1 is 1.03 bits per heavy atom. The molecule has 0 saturated carbocycles. The lowest BCUT2D eigenvalue weighted by atomic mass is 10.1. The number of nitrogens with zero attached hydrogens (tertiary/aromatic N) is 2. The normalized spacial score (nSPS) is 15.4. The van der Waals surface area contributed by atoms with Gasteiger partial charge in [0.1, 0.15) is 17.3 Å². The molecule has 1 atom stereocenters. The topological polar surface area (TPSA) is 84.5 Å². The third kappa shape index (κ3) is 5.00. The number of rotatable bonds is 7. The van der Waals surface area contributed by atoms with Crippen molar-refractivity contribution in [3.05, 3.63) is 101 Å². The van der Waals surface area contributed by atoms with E-state index in [1.54, 1.807) is 41.3 Å². The van der Waals surface area contributed by atoms with Crippen LogP contribution in [-0.2, 0) is 11.3 Å². The Morgan fingerprint density at radius 2 is 1.82 bits per heavy atom. The fourth-order valence-corrected chi connectivity index (χ4v) is 4.14. The van der Waals surface area contributed by atoms with Gasteiger partial charge in [0.15, 0.2) is 0 Å². The Bertz CT molecular complexity index is 1350. The number of aromatic nitrogens is 2. The molecule has 172 valence electrons. The average molecular weight is 456 g/mol. The van der Waals surface area contributed by atoms with Gasteiger partial charge in [0.05, 0.1) is 23.6 Å². The fraction of sp³-hybridized carbons (Fsp3) is 0.222. The predicted octanol–water partition coefficient (Wildman–Crippen LogP) is 4.54. The summed E-state index contributed by atoms with van der Waals surface area (Å²) in [4.78, 5) is 35.2. The molecule has 1 saturated heterocycles. The first-order valence-electron chi connectivity index (χ1n) is 11.4. The summed E-state index contributed by atoms with van der Waals surface area (Å²) in [7, 11) is 0. The monoisotopic (exact) mass is 455 g/mol. The highest BCUT2D eigenvalue weighted by molar-refractivity contribution is 5.94. The Morgan fingerprint density at radius 3 is 2.65 bits per heavy atom. The molecule has 1 aliphatic rings. The van der Waals surface area contributed by atoms with Crippen LogP contribution in [0.5, 0.6) is 11.5 Å². The number of benzene rings is 3. The number of nitrogens with one attached hydrogen (secondary N) is 1. The minimum absolute atomic E-state index is 0.0418. The Labute approximate surface area is 197 Å². The van der Waals surface area contributed by atoms with E-state index in [0.29, 0.717) is 46.9 Å². The van der Waals surface area contributed by atoms with Crippen molar-refractivity contribution in [3.63, 3.8) is 0 Å². The van der Waals surface area contributed by atoms with E-state index in [0.717, 1.165) is 12.8 Å². The highest BCUT2D eigenvalue weighted by Gasteiger charge is 2.25. The summed E-state index contributed by atoms with van der Waals surface area (Å²) < 4.78 is 11.7. The first-order chi connectivity index (χ1) is 16.7. The van der Waals surface area contributed by atoms with Crippen LogP contribution < -0.4 is 10.3 Å². The summed E-state index contributed by atoms with van der Waals surface area (Å²) in [5.41, 5.74) is 0.877. The molecule has 1 aromatic heterocycles. The molecule has 3 aromatic carbocycles. The molecular formula is C27H25N3O4. The third-order valence-electron chi connectivity index (χ3n) is 5.80. The van der Waals surface area contributed by atoms with E-state index in [1.165, 1.54) is 0 Å². The maximum atomic E-state index is 13.6. The number of H-pyrrole nitrogens is 1. The maximum absolute atomic E-state index is 13.6. The average Bonchev–Trinajstić information content (AvgIpc) is 3.37. The van der Waals surface area contributed by atoms with E-state index < -0.39 is 0 Å². The molecule has 0 unspecified atom stereocenters. The zero-order valence-electron chi connectivity index (χ0n) is 18.6. The molecule has 4 aromatic rings. The van der Waals surface area contributed by atoms with Crippen molar-refractivity contribution in [2.24, 2.45) is 0 Å². The summed E-state index contributed by atoms with van der Waals surface area (Å²) in [6, 6.07) is 23.7. The van der Waals surface area contributed by atoms with Gasteiger partial charge in [-0.2, -0.15) is 0 Å². The van der Waals surface area contributed by atoms with Crippen LogP contribution in [0.25, 0.3) is 10.9 Å². The molecule has 1 N–H and O–H groups in total. The zero-order valence-corrected chi connectivity index (χ0v) is 18.6. The second kappa shape index (κ2) is 9.89. The van der Waals surface area contributed by atoms with Crippen molar-refractivity contribution in [1.29, 1.82) is 0 Å². The van der Waals surface area contributed by atoms with Gasteiger partial charge in [0.25, 0.3) is 11.5 Å². The smallest absolute Gasteiger partial charge is 0.258 e. The second-order valence-electron chi connectivity index (χ2n) is 8.29. The van der Waals surface area contributed by atoms with Crippen LogP contribution in [0.4, 0.5) is 0 Å². The van der Waals surface area contributed by atoms with Crippen molar-refractivity contribution in [2.75, 3.05) is 13.2 Å². The molecule has 5 rings (SSSR count). The van der Waals surface area contributed by atoms with Crippen molar-refractivity contribution < 1.29 is 14.3 Å². The number of para-hydroxylation sites is 2. The summed E-state index contributed by atoms with van der Waals surface area (Å²) in [6.45, 7) is 1.28. The molecule has 0 radical (unpaired) electrons. The minimum Gasteiger partial charge on any atom is -0.457 e. The van der Waals surface area contributed by atoms with Crippen LogP contribution in [-0.4, -0.2) is 40.0 Å². The molecule has 34 heavy (non-hydrogen) atoms. The van der Waals surface area contributed by atoms with Gasteiger partial charge < -0.3 is 19.4 Å². The number of hydrogen-bond acceptors (Lipinski definition) is 5. The van der Waals surface area contributed by atoms with Crippen molar-refractivity contribution in [2.45, 2.75) is 25.5 Å². The zero-order chi connectivity index (χ0) is 23.3. The number of ether oxygens (including phenoxy) is 2. The quantitative estimate of drug-likeness (QED) is 0.442. The molecule has 1 fully saturated rings. The van der Waals surface area contributed by atoms with E-state index in [4.69, 9.17) is 9.47 Å². The highest BCUT2D eigenvalue weighted by atomic mass is 16.5. The van der Waals surface area contributed by atoms with Crippen LogP contribution >= 0.6 is 0 Å². The second-order valence-corrected chi connectivity index (χ2v) is 8.29. The molecule has 7 nitrogen and oxygen atoms in total. The number of fused-ring (bicyclic) bond motifs is 1. The van der Waals surface area contributed by atoms with Gasteiger partial charge in [-0.15, -0.1) is 0 Å². The van der Waals surface area contributed by atoms with E-state index in [2.05, 4.69) is 9.97 Å².